The van der Waals surface area contributed by atoms with Crippen LogP contribution in [0.3, 0.4) is 0 Å². The molecule has 0 saturated heterocycles. The van der Waals surface area contributed by atoms with E-state index in [0.29, 0.717) is 4.31 Å². The first kappa shape index (κ1) is 25.2. The molecule has 1 aromatic heterocycles. The van der Waals surface area contributed by atoms with Gasteiger partial charge in [-0.15, -0.1) is 0 Å². The van der Waals surface area contributed by atoms with Gasteiger partial charge in [-0.2, -0.15) is 5.10 Å². The second-order valence-corrected chi connectivity index (χ2v) is 10.8. The highest BCUT2D eigenvalue weighted by Crippen LogP contribution is 2.29. The molecule has 0 aliphatic rings. The summed E-state index contributed by atoms with van der Waals surface area (Å²) in [5.74, 6) is 0. The average Bonchev–Trinajstić information content (AvgIpc) is 3.14. The van der Waals surface area contributed by atoms with Crippen LogP contribution in [0.25, 0.3) is 16.8 Å². The number of aromatic nitrogens is 2. The number of aryl methyl sites for hydroxylation is 3. The molecule has 186 valence electrons. The van der Waals surface area contributed by atoms with Crippen molar-refractivity contribution >= 4 is 16.1 Å². The third-order valence-electron chi connectivity index (χ3n) is 6.24. The van der Waals surface area contributed by atoms with Crippen LogP contribution >= 0.6 is 0 Å². The molecule has 1 amide bonds. The third kappa shape index (κ3) is 5.04. The van der Waals surface area contributed by atoms with Crippen molar-refractivity contribution in [3.05, 3.63) is 101 Å². The normalized spacial score (nSPS) is 11.4. The molecule has 4 aromatic rings. The number of sulfonamides is 1. The molecule has 0 saturated carbocycles. The lowest BCUT2D eigenvalue weighted by atomic mass is 10.0. The van der Waals surface area contributed by atoms with Crippen molar-refractivity contribution in [3.63, 3.8) is 0 Å². The second kappa shape index (κ2) is 9.99. The molecule has 0 fully saturated rings. The van der Waals surface area contributed by atoms with Gasteiger partial charge in [0.2, 0.25) is 0 Å². The number of benzene rings is 3. The molecule has 0 radical (unpaired) electrons. The molecule has 3 aromatic carbocycles. The minimum absolute atomic E-state index is 0.0419. The zero-order valence-electron chi connectivity index (χ0n) is 20.8. The first-order valence-electron chi connectivity index (χ1n) is 11.6. The summed E-state index contributed by atoms with van der Waals surface area (Å²) >= 11 is 0. The maximum absolute atomic E-state index is 12.9. The van der Waals surface area contributed by atoms with Crippen LogP contribution in [-0.2, 0) is 16.4 Å². The number of hydrogen-bond acceptors (Lipinski definition) is 4. The Kier molecular flexibility index (Phi) is 6.99. The zero-order chi connectivity index (χ0) is 26.0. The molecule has 0 atom stereocenters. The van der Waals surface area contributed by atoms with Crippen molar-refractivity contribution in [1.82, 2.24) is 14.1 Å². The zero-order valence-corrected chi connectivity index (χ0v) is 21.6. The van der Waals surface area contributed by atoms with E-state index in [1.807, 2.05) is 49.7 Å². The Morgan fingerprint density at radius 1 is 0.861 bits per heavy atom. The topological polar surface area (TPSA) is 92.5 Å². The lowest BCUT2D eigenvalue weighted by Gasteiger charge is -2.19. The van der Waals surface area contributed by atoms with E-state index in [1.54, 1.807) is 12.1 Å². The van der Waals surface area contributed by atoms with Crippen LogP contribution in [0.4, 0.5) is 4.79 Å². The molecule has 0 bridgehead atoms. The molecule has 1 heterocycles. The summed E-state index contributed by atoms with van der Waals surface area (Å²) < 4.78 is 28.2. The fourth-order valence-corrected chi connectivity index (χ4v) is 5.49. The Hall–Kier alpha value is -3.91. The standard InChI is InChI=1S/C28H29N3O4S/c1-19-5-11-24(12-6-19)27-21(3)29-31(22(27)4)25-13-9-23(10-14-25)17-18-30(28(32)33)36(34,35)26-15-7-20(2)8-16-26/h5-16H,17-18H2,1-4H3,(H,32,33). The van der Waals surface area contributed by atoms with E-state index in [4.69, 9.17) is 5.10 Å². The average molecular weight is 504 g/mol. The van der Waals surface area contributed by atoms with Crippen molar-refractivity contribution < 1.29 is 18.3 Å². The van der Waals surface area contributed by atoms with Crippen LogP contribution in [0.2, 0.25) is 0 Å². The molecule has 7 nitrogen and oxygen atoms in total. The number of hydrogen-bond donors (Lipinski definition) is 1. The second-order valence-electron chi connectivity index (χ2n) is 8.91. The van der Waals surface area contributed by atoms with Crippen LogP contribution < -0.4 is 0 Å². The van der Waals surface area contributed by atoms with E-state index in [-0.39, 0.29) is 17.9 Å². The molecular weight excluding hydrogens is 474 g/mol. The van der Waals surface area contributed by atoms with E-state index < -0.39 is 16.1 Å². The summed E-state index contributed by atoms with van der Waals surface area (Å²) in [5.41, 5.74) is 7.95. The summed E-state index contributed by atoms with van der Waals surface area (Å²) in [5, 5.41) is 14.3. The highest BCUT2D eigenvalue weighted by Gasteiger charge is 2.28. The largest absolute Gasteiger partial charge is 0.464 e. The minimum atomic E-state index is -4.16. The summed E-state index contributed by atoms with van der Waals surface area (Å²) in [4.78, 5) is 11.7. The van der Waals surface area contributed by atoms with Crippen molar-refractivity contribution in [3.8, 4) is 16.8 Å². The van der Waals surface area contributed by atoms with Crippen LogP contribution in [-0.4, -0.2) is 40.2 Å². The Bertz CT molecular complexity index is 1490. The lowest BCUT2D eigenvalue weighted by molar-refractivity contribution is 0.172. The highest BCUT2D eigenvalue weighted by atomic mass is 32.2. The van der Waals surface area contributed by atoms with Gasteiger partial charge in [-0.3, -0.25) is 0 Å². The maximum atomic E-state index is 12.9. The first-order valence-corrected chi connectivity index (χ1v) is 13.1. The van der Waals surface area contributed by atoms with E-state index in [2.05, 4.69) is 31.2 Å². The highest BCUT2D eigenvalue weighted by molar-refractivity contribution is 7.89. The minimum Gasteiger partial charge on any atom is -0.464 e. The van der Waals surface area contributed by atoms with Crippen LogP contribution in [0.5, 0.6) is 0 Å². The fraction of sp³-hybridized carbons (Fsp3) is 0.214. The third-order valence-corrected chi connectivity index (χ3v) is 8.03. The van der Waals surface area contributed by atoms with Crippen LogP contribution in [0, 0.1) is 27.7 Å². The Labute approximate surface area is 211 Å². The predicted molar refractivity (Wildman–Crippen MR) is 140 cm³/mol. The number of amides is 1. The van der Waals surface area contributed by atoms with Gasteiger partial charge < -0.3 is 5.11 Å². The van der Waals surface area contributed by atoms with Gasteiger partial charge in [0.15, 0.2) is 0 Å². The van der Waals surface area contributed by atoms with Gasteiger partial charge in [-0.05, 0) is 69.5 Å². The van der Waals surface area contributed by atoms with Crippen molar-refractivity contribution in [1.29, 1.82) is 0 Å². The lowest BCUT2D eigenvalue weighted by Crippen LogP contribution is -2.37. The van der Waals surface area contributed by atoms with Gasteiger partial charge >= 0.3 is 6.09 Å². The summed E-state index contributed by atoms with van der Waals surface area (Å²) in [6, 6.07) is 22.1. The van der Waals surface area contributed by atoms with Gasteiger partial charge in [0, 0.05) is 17.8 Å². The monoisotopic (exact) mass is 503 g/mol. The molecule has 4 rings (SSSR count). The van der Waals surface area contributed by atoms with Gasteiger partial charge in [0.1, 0.15) is 0 Å². The smallest absolute Gasteiger partial charge is 0.421 e. The predicted octanol–water partition coefficient (Wildman–Crippen LogP) is 5.68. The fourth-order valence-electron chi connectivity index (χ4n) is 4.22. The van der Waals surface area contributed by atoms with E-state index in [9.17, 15) is 18.3 Å². The van der Waals surface area contributed by atoms with Gasteiger partial charge in [0.05, 0.1) is 16.3 Å². The van der Waals surface area contributed by atoms with Gasteiger partial charge in [-0.25, -0.2) is 22.2 Å². The molecule has 1 N–H and O–H groups in total. The Morgan fingerprint density at radius 2 is 1.42 bits per heavy atom. The molecule has 0 aliphatic carbocycles. The first-order chi connectivity index (χ1) is 17.1. The van der Waals surface area contributed by atoms with E-state index in [0.717, 1.165) is 39.3 Å². The number of rotatable bonds is 7. The summed E-state index contributed by atoms with van der Waals surface area (Å²) in [6.07, 6.45) is -1.25. The Balaban J connectivity index is 1.53. The number of carbonyl (C=O) groups is 1. The van der Waals surface area contributed by atoms with E-state index in [1.165, 1.54) is 17.7 Å². The van der Waals surface area contributed by atoms with Gasteiger partial charge in [0.25, 0.3) is 10.0 Å². The quantitative estimate of drug-likeness (QED) is 0.350. The number of carboxylic acid groups (broad SMARTS) is 1. The van der Waals surface area contributed by atoms with Gasteiger partial charge in [-0.1, -0.05) is 59.7 Å². The molecular formula is C28H29N3O4S. The molecule has 0 spiro atoms. The summed E-state index contributed by atoms with van der Waals surface area (Å²) in [6.45, 7) is 7.74. The number of nitrogens with zero attached hydrogens (tertiary/aromatic N) is 3. The van der Waals surface area contributed by atoms with Crippen LogP contribution in [0.15, 0.2) is 77.7 Å². The molecule has 0 unspecified atom stereocenters. The van der Waals surface area contributed by atoms with E-state index >= 15 is 0 Å². The molecule has 36 heavy (non-hydrogen) atoms. The molecule has 8 heteroatoms. The van der Waals surface area contributed by atoms with Crippen molar-refractivity contribution in [2.45, 2.75) is 39.0 Å². The molecule has 0 aliphatic heterocycles. The van der Waals surface area contributed by atoms with Crippen molar-refractivity contribution in [2.24, 2.45) is 0 Å². The maximum Gasteiger partial charge on any atom is 0.421 e. The summed E-state index contributed by atoms with van der Waals surface area (Å²) in [7, 11) is -4.16. The van der Waals surface area contributed by atoms with Crippen molar-refractivity contribution in [2.75, 3.05) is 6.54 Å². The van der Waals surface area contributed by atoms with Crippen LogP contribution in [0.1, 0.15) is 28.1 Å². The Morgan fingerprint density at radius 3 is 1.97 bits per heavy atom. The SMILES string of the molecule is Cc1ccc(-c2c(C)nn(-c3ccc(CCN(C(=O)O)S(=O)(=O)c4ccc(C)cc4)cc3)c2C)cc1.